The standard InChI is InChI=1S/C18H18N2O5/c1-3-25-17-7-5-4-6-13(17)8-11-18(21)19-15-10-9-14(24-2)12-16(15)20(22)23/h4-12H,3H2,1-2H3,(H,19,21)/b11-8+. The van der Waals surface area contributed by atoms with Crippen molar-refractivity contribution in [2.75, 3.05) is 19.0 Å². The lowest BCUT2D eigenvalue weighted by Crippen LogP contribution is -2.09. The molecule has 0 aliphatic heterocycles. The highest BCUT2D eigenvalue weighted by molar-refractivity contribution is 6.03. The number of hydrogen-bond donors (Lipinski definition) is 1. The Hall–Kier alpha value is -3.35. The number of amides is 1. The van der Waals surface area contributed by atoms with Crippen molar-refractivity contribution in [3.8, 4) is 11.5 Å². The zero-order chi connectivity index (χ0) is 18.2. The summed E-state index contributed by atoms with van der Waals surface area (Å²) in [5.41, 5.74) is 0.595. The van der Waals surface area contributed by atoms with Crippen LogP contribution in [0.3, 0.4) is 0 Å². The molecule has 1 N–H and O–H groups in total. The van der Waals surface area contributed by atoms with E-state index in [4.69, 9.17) is 9.47 Å². The van der Waals surface area contributed by atoms with Crippen molar-refractivity contribution in [1.82, 2.24) is 0 Å². The zero-order valence-corrected chi connectivity index (χ0v) is 13.9. The van der Waals surface area contributed by atoms with Gasteiger partial charge in [0, 0.05) is 11.6 Å². The minimum absolute atomic E-state index is 0.0959. The van der Waals surface area contributed by atoms with Crippen LogP contribution in [0.15, 0.2) is 48.5 Å². The monoisotopic (exact) mass is 342 g/mol. The van der Waals surface area contributed by atoms with Gasteiger partial charge in [-0.1, -0.05) is 18.2 Å². The first-order valence-electron chi connectivity index (χ1n) is 7.58. The third kappa shape index (κ3) is 4.81. The average Bonchev–Trinajstić information content (AvgIpc) is 2.61. The smallest absolute Gasteiger partial charge is 0.296 e. The Morgan fingerprint density at radius 2 is 2.04 bits per heavy atom. The molecular formula is C18H18N2O5. The zero-order valence-electron chi connectivity index (χ0n) is 13.9. The first-order chi connectivity index (χ1) is 12.0. The van der Waals surface area contributed by atoms with Crippen LogP contribution < -0.4 is 14.8 Å². The number of nitrogens with zero attached hydrogens (tertiary/aromatic N) is 1. The highest BCUT2D eigenvalue weighted by Crippen LogP contribution is 2.29. The number of nitro groups is 1. The molecule has 0 heterocycles. The van der Waals surface area contributed by atoms with E-state index in [2.05, 4.69) is 5.32 Å². The van der Waals surface area contributed by atoms with Crippen LogP contribution in [0.2, 0.25) is 0 Å². The van der Waals surface area contributed by atoms with Crippen LogP contribution >= 0.6 is 0 Å². The first kappa shape index (κ1) is 18.0. The lowest BCUT2D eigenvalue weighted by Gasteiger charge is -2.07. The summed E-state index contributed by atoms with van der Waals surface area (Å²) in [4.78, 5) is 22.6. The predicted octanol–water partition coefficient (Wildman–Crippen LogP) is 3.65. The Balaban J connectivity index is 2.17. The molecule has 0 aromatic heterocycles. The molecule has 25 heavy (non-hydrogen) atoms. The molecule has 0 saturated carbocycles. The molecule has 0 saturated heterocycles. The summed E-state index contributed by atoms with van der Waals surface area (Å²) in [7, 11) is 1.41. The van der Waals surface area contributed by atoms with E-state index in [1.54, 1.807) is 12.1 Å². The molecule has 0 fully saturated rings. The van der Waals surface area contributed by atoms with E-state index in [0.29, 0.717) is 18.1 Å². The minimum Gasteiger partial charge on any atom is -0.496 e. The summed E-state index contributed by atoms with van der Waals surface area (Å²) >= 11 is 0. The highest BCUT2D eigenvalue weighted by Gasteiger charge is 2.16. The van der Waals surface area contributed by atoms with Gasteiger partial charge < -0.3 is 14.8 Å². The summed E-state index contributed by atoms with van der Waals surface area (Å²) in [5.74, 6) is 0.509. The number of carbonyl (C=O) groups is 1. The fourth-order valence-electron chi connectivity index (χ4n) is 2.14. The normalized spacial score (nSPS) is 10.5. The van der Waals surface area contributed by atoms with E-state index in [9.17, 15) is 14.9 Å². The van der Waals surface area contributed by atoms with Crippen molar-refractivity contribution in [2.45, 2.75) is 6.92 Å². The van der Waals surface area contributed by atoms with Gasteiger partial charge in [-0.3, -0.25) is 14.9 Å². The van der Waals surface area contributed by atoms with E-state index in [0.717, 1.165) is 5.56 Å². The molecule has 0 bridgehead atoms. The second-order valence-corrected chi connectivity index (χ2v) is 4.93. The predicted molar refractivity (Wildman–Crippen MR) is 94.9 cm³/mol. The third-order valence-electron chi connectivity index (χ3n) is 3.29. The van der Waals surface area contributed by atoms with Crippen molar-refractivity contribution < 1.29 is 19.2 Å². The van der Waals surface area contributed by atoms with Crippen LogP contribution in [-0.4, -0.2) is 24.5 Å². The number of hydrogen-bond acceptors (Lipinski definition) is 5. The maximum atomic E-state index is 12.1. The van der Waals surface area contributed by atoms with E-state index in [1.165, 1.54) is 31.4 Å². The van der Waals surface area contributed by atoms with Gasteiger partial charge >= 0.3 is 0 Å². The van der Waals surface area contributed by atoms with Crippen LogP contribution in [0.4, 0.5) is 11.4 Å². The number of nitrogens with one attached hydrogen (secondary N) is 1. The van der Waals surface area contributed by atoms with E-state index in [1.807, 2.05) is 25.1 Å². The molecule has 0 aliphatic carbocycles. The van der Waals surface area contributed by atoms with Gasteiger partial charge in [0.05, 0.1) is 24.7 Å². The molecule has 2 aromatic carbocycles. The Bertz CT molecular complexity index is 802. The Kier molecular flexibility index (Phi) is 6.11. The average molecular weight is 342 g/mol. The molecular weight excluding hydrogens is 324 g/mol. The lowest BCUT2D eigenvalue weighted by molar-refractivity contribution is -0.384. The SMILES string of the molecule is CCOc1ccccc1/C=C/C(=O)Nc1ccc(OC)cc1[N+](=O)[O-]. The van der Waals surface area contributed by atoms with Gasteiger partial charge in [0.2, 0.25) is 5.91 Å². The number of nitro benzene ring substituents is 1. The number of para-hydroxylation sites is 1. The molecule has 0 spiro atoms. The number of rotatable bonds is 7. The van der Waals surface area contributed by atoms with Crippen molar-refractivity contribution in [3.05, 3.63) is 64.2 Å². The molecule has 0 aliphatic rings. The second-order valence-electron chi connectivity index (χ2n) is 4.93. The summed E-state index contributed by atoms with van der Waals surface area (Å²) in [6, 6.07) is 11.5. The van der Waals surface area contributed by atoms with Crippen molar-refractivity contribution >= 4 is 23.4 Å². The number of methoxy groups -OCH3 is 1. The lowest BCUT2D eigenvalue weighted by atomic mass is 10.2. The topological polar surface area (TPSA) is 90.7 Å². The summed E-state index contributed by atoms with van der Waals surface area (Å²) in [5, 5.41) is 13.6. The molecule has 130 valence electrons. The van der Waals surface area contributed by atoms with Gasteiger partial charge in [-0.25, -0.2) is 0 Å². The second kappa shape index (κ2) is 8.49. The Morgan fingerprint density at radius 1 is 1.28 bits per heavy atom. The van der Waals surface area contributed by atoms with Gasteiger partial charge in [0.25, 0.3) is 5.69 Å². The van der Waals surface area contributed by atoms with Gasteiger partial charge in [0.1, 0.15) is 17.2 Å². The summed E-state index contributed by atoms with van der Waals surface area (Å²) < 4.78 is 10.4. The number of benzene rings is 2. The third-order valence-corrected chi connectivity index (χ3v) is 3.29. The van der Waals surface area contributed by atoms with Gasteiger partial charge in [-0.2, -0.15) is 0 Å². The van der Waals surface area contributed by atoms with Crippen molar-refractivity contribution in [2.24, 2.45) is 0 Å². The van der Waals surface area contributed by atoms with Crippen LogP contribution in [0.1, 0.15) is 12.5 Å². The molecule has 1 amide bonds. The Labute approximate surface area is 145 Å². The summed E-state index contributed by atoms with van der Waals surface area (Å²) in [6.07, 6.45) is 2.89. The summed E-state index contributed by atoms with van der Waals surface area (Å²) in [6.45, 7) is 2.38. The van der Waals surface area contributed by atoms with Crippen LogP contribution in [-0.2, 0) is 4.79 Å². The molecule has 0 atom stereocenters. The molecule has 0 unspecified atom stereocenters. The van der Waals surface area contributed by atoms with E-state index < -0.39 is 10.8 Å². The van der Waals surface area contributed by atoms with Gasteiger partial charge in [-0.05, 0) is 31.2 Å². The molecule has 2 rings (SSSR count). The molecule has 0 radical (unpaired) electrons. The van der Waals surface area contributed by atoms with Crippen molar-refractivity contribution in [1.29, 1.82) is 0 Å². The van der Waals surface area contributed by atoms with Crippen molar-refractivity contribution in [3.63, 3.8) is 0 Å². The fourth-order valence-corrected chi connectivity index (χ4v) is 2.14. The van der Waals surface area contributed by atoms with Crippen LogP contribution in [0.5, 0.6) is 11.5 Å². The minimum atomic E-state index is -0.577. The van der Waals surface area contributed by atoms with Crippen LogP contribution in [0.25, 0.3) is 6.08 Å². The number of anilines is 1. The largest absolute Gasteiger partial charge is 0.496 e. The highest BCUT2D eigenvalue weighted by atomic mass is 16.6. The Morgan fingerprint density at radius 3 is 2.72 bits per heavy atom. The fraction of sp³-hybridized carbons (Fsp3) is 0.167. The number of ether oxygens (including phenoxy) is 2. The van der Waals surface area contributed by atoms with E-state index >= 15 is 0 Å². The quantitative estimate of drug-likeness (QED) is 0.471. The van der Waals surface area contributed by atoms with E-state index in [-0.39, 0.29) is 11.4 Å². The van der Waals surface area contributed by atoms with Gasteiger partial charge in [0.15, 0.2) is 0 Å². The molecule has 7 nitrogen and oxygen atoms in total. The molecule has 2 aromatic rings. The molecule has 7 heteroatoms. The maximum Gasteiger partial charge on any atom is 0.296 e. The first-order valence-corrected chi connectivity index (χ1v) is 7.58. The maximum absolute atomic E-state index is 12.1. The number of carbonyl (C=O) groups excluding carboxylic acids is 1. The van der Waals surface area contributed by atoms with Crippen LogP contribution in [0, 0.1) is 10.1 Å². The van der Waals surface area contributed by atoms with Gasteiger partial charge in [-0.15, -0.1) is 0 Å².